The second-order valence-corrected chi connectivity index (χ2v) is 9.61. The molecule has 0 aromatic carbocycles. The minimum atomic E-state index is -5.08. The number of amides is 2. The van der Waals surface area contributed by atoms with Crippen molar-refractivity contribution in [1.29, 1.82) is 5.26 Å². The number of nitriles is 1. The zero-order valence-electron chi connectivity index (χ0n) is 20.5. The lowest BCUT2D eigenvalue weighted by molar-refractivity contribution is -0.192. The van der Waals surface area contributed by atoms with E-state index in [0.717, 1.165) is 32.4 Å². The summed E-state index contributed by atoms with van der Waals surface area (Å²) in [7, 11) is 0. The number of hydrazine groups is 1. The predicted molar refractivity (Wildman–Crippen MR) is 126 cm³/mol. The number of hydrogen-bond donors (Lipinski definition) is 3. The third kappa shape index (κ3) is 12.2. The molecular formula is C21H35F3N6O5S. The molecule has 0 saturated carbocycles. The highest BCUT2D eigenvalue weighted by Gasteiger charge is 2.38. The Labute approximate surface area is 213 Å². The molecule has 2 heterocycles. The summed E-state index contributed by atoms with van der Waals surface area (Å²) in [5, 5.41) is 20.8. The third-order valence-electron chi connectivity index (χ3n) is 5.40. The molecule has 2 amide bonds. The number of nitrogens with zero attached hydrogens (tertiary/aromatic N) is 4. The van der Waals surface area contributed by atoms with E-state index in [2.05, 4.69) is 16.3 Å². The SMILES string of the molecule is CC(C)OCCCNC(=O)CN1CCC(N(N)CC(=O)N2CSC[C@H]2C#N)CC1.O=C(O)C(F)(F)F. The Morgan fingerprint density at radius 2 is 1.92 bits per heavy atom. The van der Waals surface area contributed by atoms with Crippen LogP contribution in [0.2, 0.25) is 0 Å². The van der Waals surface area contributed by atoms with E-state index >= 15 is 0 Å². The van der Waals surface area contributed by atoms with Crippen molar-refractivity contribution in [3.63, 3.8) is 0 Å². The number of aliphatic carboxylic acids is 1. The van der Waals surface area contributed by atoms with Crippen LogP contribution in [-0.2, 0) is 19.1 Å². The van der Waals surface area contributed by atoms with E-state index < -0.39 is 12.1 Å². The maximum Gasteiger partial charge on any atom is 0.490 e. The second kappa shape index (κ2) is 15.9. The van der Waals surface area contributed by atoms with Gasteiger partial charge in [0.15, 0.2) is 0 Å². The number of hydrogen-bond acceptors (Lipinski definition) is 9. The zero-order chi connectivity index (χ0) is 27.3. The lowest BCUT2D eigenvalue weighted by Gasteiger charge is -2.36. The van der Waals surface area contributed by atoms with Crippen molar-refractivity contribution in [2.24, 2.45) is 5.84 Å². The van der Waals surface area contributed by atoms with Crippen LogP contribution < -0.4 is 11.2 Å². The Balaban J connectivity index is 0.000000809. The van der Waals surface area contributed by atoms with Crippen LogP contribution in [0.3, 0.4) is 0 Å². The van der Waals surface area contributed by atoms with Gasteiger partial charge in [-0.25, -0.2) is 9.80 Å². The molecule has 0 spiro atoms. The van der Waals surface area contributed by atoms with Crippen LogP contribution in [0.25, 0.3) is 0 Å². The summed E-state index contributed by atoms with van der Waals surface area (Å²) in [5.74, 6) is 4.56. The molecule has 4 N–H and O–H groups in total. The smallest absolute Gasteiger partial charge is 0.475 e. The number of carbonyl (C=O) groups excluding carboxylic acids is 2. The molecule has 2 rings (SSSR count). The van der Waals surface area contributed by atoms with Gasteiger partial charge in [0.2, 0.25) is 11.8 Å². The predicted octanol–water partition coefficient (Wildman–Crippen LogP) is 0.616. The van der Waals surface area contributed by atoms with E-state index in [9.17, 15) is 22.8 Å². The van der Waals surface area contributed by atoms with Gasteiger partial charge in [-0.1, -0.05) is 0 Å². The minimum Gasteiger partial charge on any atom is -0.475 e. The molecule has 1 atom stereocenters. The Bertz CT molecular complexity index is 759. The summed E-state index contributed by atoms with van der Waals surface area (Å²) in [6.45, 7) is 7.33. The summed E-state index contributed by atoms with van der Waals surface area (Å²) >= 11 is 1.59. The molecule has 36 heavy (non-hydrogen) atoms. The Hall–Kier alpha value is -2.12. The molecule has 206 valence electrons. The van der Waals surface area contributed by atoms with Crippen molar-refractivity contribution in [1.82, 2.24) is 20.1 Å². The van der Waals surface area contributed by atoms with Crippen LogP contribution in [-0.4, -0.2) is 113 Å². The van der Waals surface area contributed by atoms with Gasteiger partial charge < -0.3 is 20.1 Å². The van der Waals surface area contributed by atoms with E-state index in [4.69, 9.17) is 25.7 Å². The normalized spacial score (nSPS) is 19.1. The first-order valence-electron chi connectivity index (χ1n) is 11.5. The second-order valence-electron chi connectivity index (χ2n) is 8.61. The van der Waals surface area contributed by atoms with Crippen LogP contribution in [0.4, 0.5) is 13.2 Å². The topological polar surface area (TPSA) is 152 Å². The number of nitrogens with one attached hydrogen (secondary N) is 1. The van der Waals surface area contributed by atoms with Crippen molar-refractivity contribution in [3.05, 3.63) is 0 Å². The number of rotatable bonds is 10. The van der Waals surface area contributed by atoms with Gasteiger partial charge in [-0.2, -0.15) is 18.4 Å². The van der Waals surface area contributed by atoms with Crippen LogP contribution in [0.1, 0.15) is 33.1 Å². The number of nitrogens with two attached hydrogens (primary N) is 1. The summed E-state index contributed by atoms with van der Waals surface area (Å²) in [6.07, 6.45) is -2.43. The van der Waals surface area contributed by atoms with Gasteiger partial charge in [0.05, 0.1) is 31.1 Å². The number of ether oxygens (including phenoxy) is 1. The molecule has 0 aromatic rings. The van der Waals surface area contributed by atoms with E-state index in [-0.39, 0.29) is 36.5 Å². The summed E-state index contributed by atoms with van der Waals surface area (Å²) in [4.78, 5) is 37.1. The van der Waals surface area contributed by atoms with Crippen molar-refractivity contribution in [2.45, 2.75) is 57.5 Å². The summed E-state index contributed by atoms with van der Waals surface area (Å²) < 4.78 is 37.2. The summed E-state index contributed by atoms with van der Waals surface area (Å²) in [5.41, 5.74) is 0. The van der Waals surface area contributed by atoms with Gasteiger partial charge in [0.1, 0.15) is 6.04 Å². The third-order valence-corrected chi connectivity index (χ3v) is 6.41. The number of halogens is 3. The number of likely N-dealkylation sites (tertiary alicyclic amines) is 1. The highest BCUT2D eigenvalue weighted by atomic mass is 32.2. The number of carboxylic acid groups (broad SMARTS) is 1. The van der Waals surface area contributed by atoms with Crippen LogP contribution in [0, 0.1) is 11.3 Å². The largest absolute Gasteiger partial charge is 0.490 e. The molecule has 2 fully saturated rings. The molecule has 0 aromatic heterocycles. The maximum atomic E-state index is 12.4. The van der Waals surface area contributed by atoms with Gasteiger partial charge in [-0.3, -0.25) is 20.3 Å². The van der Waals surface area contributed by atoms with Crippen molar-refractivity contribution >= 4 is 29.5 Å². The van der Waals surface area contributed by atoms with Crippen LogP contribution in [0.15, 0.2) is 0 Å². The van der Waals surface area contributed by atoms with Crippen LogP contribution in [0.5, 0.6) is 0 Å². The Morgan fingerprint density at radius 3 is 2.44 bits per heavy atom. The lowest BCUT2D eigenvalue weighted by atomic mass is 10.0. The van der Waals surface area contributed by atoms with Gasteiger partial charge in [0, 0.05) is 38.0 Å². The number of piperidine rings is 1. The number of thioether (sulfide) groups is 1. The first-order chi connectivity index (χ1) is 16.8. The average molecular weight is 541 g/mol. The van der Waals surface area contributed by atoms with Crippen molar-refractivity contribution < 1.29 is 37.4 Å². The first kappa shape index (κ1) is 31.9. The van der Waals surface area contributed by atoms with Gasteiger partial charge in [0.25, 0.3) is 0 Å². The Kier molecular flexibility index (Phi) is 14.1. The van der Waals surface area contributed by atoms with E-state index in [1.807, 2.05) is 13.8 Å². The quantitative estimate of drug-likeness (QED) is 0.204. The molecule has 0 aliphatic carbocycles. The molecule has 2 aliphatic rings. The number of alkyl halides is 3. The standard InChI is InChI=1S/C19H34N6O3S.C2HF3O2/c1-15(2)28-9-3-6-22-18(26)11-23-7-4-16(5-8-23)25(21)12-19(27)24-14-29-13-17(24)10-20;3-2(4,5)1(6)7/h15-17H,3-9,11-14,21H2,1-2H3,(H,22,26);(H,6,7)/t17-;/m1./s1. The highest BCUT2D eigenvalue weighted by molar-refractivity contribution is 7.99. The van der Waals surface area contributed by atoms with E-state index in [1.165, 1.54) is 0 Å². The fraction of sp³-hybridized carbons (Fsp3) is 0.810. The molecule has 0 radical (unpaired) electrons. The first-order valence-corrected chi connectivity index (χ1v) is 12.7. The van der Waals surface area contributed by atoms with Crippen molar-refractivity contribution in [3.8, 4) is 6.07 Å². The zero-order valence-corrected chi connectivity index (χ0v) is 21.3. The molecule has 0 unspecified atom stereocenters. The number of carbonyl (C=O) groups is 3. The maximum absolute atomic E-state index is 12.4. The molecule has 2 aliphatic heterocycles. The highest BCUT2D eigenvalue weighted by Crippen LogP contribution is 2.21. The van der Waals surface area contributed by atoms with E-state index in [1.54, 1.807) is 21.7 Å². The molecule has 0 bridgehead atoms. The summed E-state index contributed by atoms with van der Waals surface area (Å²) in [6, 6.07) is 1.94. The fourth-order valence-electron chi connectivity index (χ4n) is 3.46. The fourth-order valence-corrected chi connectivity index (χ4v) is 4.56. The molecular weight excluding hydrogens is 505 g/mol. The van der Waals surface area contributed by atoms with Crippen molar-refractivity contribution in [2.75, 3.05) is 51.0 Å². The lowest BCUT2D eigenvalue weighted by Crippen LogP contribution is -2.53. The average Bonchev–Trinajstić information content (AvgIpc) is 3.28. The molecule has 15 heteroatoms. The van der Waals surface area contributed by atoms with Gasteiger partial charge in [-0.05, 0) is 33.1 Å². The minimum absolute atomic E-state index is 0.0295. The van der Waals surface area contributed by atoms with Gasteiger partial charge in [-0.15, -0.1) is 11.8 Å². The van der Waals surface area contributed by atoms with E-state index in [0.29, 0.717) is 31.3 Å². The molecule has 11 nitrogen and oxygen atoms in total. The number of carboxylic acids is 1. The Morgan fingerprint density at radius 1 is 1.31 bits per heavy atom. The van der Waals surface area contributed by atoms with Crippen LogP contribution >= 0.6 is 11.8 Å². The monoisotopic (exact) mass is 540 g/mol. The van der Waals surface area contributed by atoms with Gasteiger partial charge >= 0.3 is 12.1 Å². The molecule has 2 saturated heterocycles.